The van der Waals surface area contributed by atoms with E-state index < -0.39 is 0 Å². The highest BCUT2D eigenvalue weighted by molar-refractivity contribution is 7.13. The van der Waals surface area contributed by atoms with Crippen molar-refractivity contribution in [2.45, 2.75) is 26.2 Å². The van der Waals surface area contributed by atoms with Crippen molar-refractivity contribution in [1.82, 2.24) is 4.98 Å². The third-order valence-electron chi connectivity index (χ3n) is 1.47. The Labute approximate surface area is 81.1 Å². The number of nitrogens with zero attached hydrogens (tertiary/aromatic N) is 1. The first-order valence-electron chi connectivity index (χ1n) is 3.88. The molecule has 0 saturated carbocycles. The van der Waals surface area contributed by atoms with Crippen LogP contribution >= 0.6 is 22.9 Å². The quantitative estimate of drug-likeness (QED) is 0.749. The smallest absolute Gasteiger partial charge is 0.183 e. The fourth-order valence-electron chi connectivity index (χ4n) is 0.972. The molecular weight excluding hydrogens is 192 g/mol. The molecule has 0 spiro atoms. The molecule has 0 atom stereocenters. The van der Waals surface area contributed by atoms with Gasteiger partial charge in [-0.25, -0.2) is 4.98 Å². The Kier molecular flexibility index (Phi) is 3.69. The predicted octanol–water partition coefficient (Wildman–Crippen LogP) is 3.16. The molecule has 0 saturated heterocycles. The molecule has 12 heavy (non-hydrogen) atoms. The minimum Gasteiger partial charge on any atom is -0.309 e. The molecule has 66 valence electrons. The van der Waals surface area contributed by atoms with Gasteiger partial charge in [0.2, 0.25) is 0 Å². The maximum atomic E-state index is 7.56. The molecule has 1 aromatic heterocycles. The molecule has 1 heterocycles. The minimum atomic E-state index is 0.564. The van der Waals surface area contributed by atoms with Crippen LogP contribution in [0.4, 0.5) is 0 Å². The van der Waals surface area contributed by atoms with Crippen LogP contribution in [0.25, 0.3) is 0 Å². The van der Waals surface area contributed by atoms with E-state index in [1.54, 1.807) is 0 Å². The number of hydrogen-bond acceptors (Lipinski definition) is 3. The monoisotopic (exact) mass is 202 g/mol. The van der Waals surface area contributed by atoms with Gasteiger partial charge in [-0.3, -0.25) is 0 Å². The van der Waals surface area contributed by atoms with Crippen molar-refractivity contribution >= 4 is 28.6 Å². The average Bonchev–Trinajstić information content (AvgIpc) is 2.36. The molecule has 1 rings (SSSR count). The Morgan fingerprint density at radius 1 is 1.75 bits per heavy atom. The van der Waals surface area contributed by atoms with Crippen LogP contribution in [0, 0.1) is 5.41 Å². The Morgan fingerprint density at radius 2 is 2.50 bits per heavy atom. The zero-order valence-electron chi connectivity index (χ0n) is 6.93. The molecule has 0 amide bonds. The highest BCUT2D eigenvalue weighted by Crippen LogP contribution is 2.15. The summed E-state index contributed by atoms with van der Waals surface area (Å²) < 4.78 is 0.564. The van der Waals surface area contributed by atoms with Crippen LogP contribution in [0.2, 0.25) is 4.47 Å². The van der Waals surface area contributed by atoms with E-state index in [2.05, 4.69) is 11.9 Å². The lowest BCUT2D eigenvalue weighted by atomic mass is 10.1. The second-order valence-electron chi connectivity index (χ2n) is 2.62. The highest BCUT2D eigenvalue weighted by atomic mass is 35.5. The van der Waals surface area contributed by atoms with E-state index in [1.165, 1.54) is 11.3 Å². The van der Waals surface area contributed by atoms with E-state index in [-0.39, 0.29) is 0 Å². The largest absolute Gasteiger partial charge is 0.309 e. The summed E-state index contributed by atoms with van der Waals surface area (Å²) in [5, 5.41) is 9.47. The van der Waals surface area contributed by atoms with Crippen LogP contribution in [-0.2, 0) is 6.42 Å². The van der Waals surface area contributed by atoms with Gasteiger partial charge in [-0.05, 0) is 6.42 Å². The lowest BCUT2D eigenvalue weighted by Crippen LogP contribution is -2.00. The lowest BCUT2D eigenvalue weighted by molar-refractivity contribution is 0.958. The maximum Gasteiger partial charge on any atom is 0.183 e. The number of aromatic nitrogens is 1. The summed E-state index contributed by atoms with van der Waals surface area (Å²) in [7, 11) is 0. The van der Waals surface area contributed by atoms with Crippen molar-refractivity contribution in [1.29, 1.82) is 5.41 Å². The van der Waals surface area contributed by atoms with E-state index in [1.807, 2.05) is 5.38 Å². The van der Waals surface area contributed by atoms with E-state index in [9.17, 15) is 0 Å². The summed E-state index contributed by atoms with van der Waals surface area (Å²) in [6.45, 7) is 2.07. The summed E-state index contributed by atoms with van der Waals surface area (Å²) in [5.74, 6) is 0. The Morgan fingerprint density at radius 3 is 3.00 bits per heavy atom. The van der Waals surface area contributed by atoms with Gasteiger partial charge < -0.3 is 5.41 Å². The van der Waals surface area contributed by atoms with Crippen LogP contribution in [-0.4, -0.2) is 10.7 Å². The molecular formula is C8H11ClN2S. The number of nitrogens with one attached hydrogen (secondary N) is 1. The summed E-state index contributed by atoms with van der Waals surface area (Å²) in [4.78, 5) is 4.08. The van der Waals surface area contributed by atoms with Crippen molar-refractivity contribution in [3.63, 3.8) is 0 Å². The van der Waals surface area contributed by atoms with Gasteiger partial charge in [0.15, 0.2) is 4.47 Å². The third kappa shape index (κ3) is 2.91. The molecule has 0 fully saturated rings. The maximum absolute atomic E-state index is 7.56. The fraction of sp³-hybridized carbons (Fsp3) is 0.500. The standard InChI is InChI=1S/C8H11ClN2S/c1-2-3-6(10)4-7-5-12-8(9)11-7/h5,10H,2-4H2,1H3. The van der Waals surface area contributed by atoms with E-state index in [0.29, 0.717) is 10.9 Å². The molecule has 0 radical (unpaired) electrons. The number of halogens is 1. The van der Waals surface area contributed by atoms with Gasteiger partial charge in [0, 0.05) is 17.5 Å². The van der Waals surface area contributed by atoms with Gasteiger partial charge in [0.05, 0.1) is 5.69 Å². The zero-order chi connectivity index (χ0) is 8.97. The Balaban J connectivity index is 2.46. The van der Waals surface area contributed by atoms with Gasteiger partial charge >= 0.3 is 0 Å². The molecule has 2 nitrogen and oxygen atoms in total. The summed E-state index contributed by atoms with van der Waals surface area (Å²) in [6.07, 6.45) is 2.53. The lowest BCUT2D eigenvalue weighted by Gasteiger charge is -1.97. The van der Waals surface area contributed by atoms with Gasteiger partial charge in [0.25, 0.3) is 0 Å². The van der Waals surface area contributed by atoms with Crippen molar-refractivity contribution in [2.24, 2.45) is 0 Å². The number of rotatable bonds is 4. The summed E-state index contributed by atoms with van der Waals surface area (Å²) >= 11 is 7.08. The predicted molar refractivity (Wildman–Crippen MR) is 53.5 cm³/mol. The molecule has 1 N–H and O–H groups in total. The van der Waals surface area contributed by atoms with E-state index in [4.69, 9.17) is 17.0 Å². The molecule has 0 unspecified atom stereocenters. The summed E-state index contributed by atoms with van der Waals surface area (Å²) in [5.41, 5.74) is 1.66. The van der Waals surface area contributed by atoms with Crippen molar-refractivity contribution in [2.75, 3.05) is 0 Å². The molecule has 0 aliphatic rings. The van der Waals surface area contributed by atoms with Crippen molar-refractivity contribution in [3.05, 3.63) is 15.5 Å². The van der Waals surface area contributed by atoms with Gasteiger partial charge in [-0.2, -0.15) is 0 Å². The zero-order valence-corrected chi connectivity index (χ0v) is 8.50. The fourth-order valence-corrected chi connectivity index (χ4v) is 1.75. The van der Waals surface area contributed by atoms with Gasteiger partial charge in [0.1, 0.15) is 0 Å². The third-order valence-corrected chi connectivity index (χ3v) is 2.50. The van der Waals surface area contributed by atoms with Crippen LogP contribution in [0.1, 0.15) is 25.5 Å². The minimum absolute atomic E-state index is 0.564. The first-order valence-corrected chi connectivity index (χ1v) is 5.14. The van der Waals surface area contributed by atoms with Crippen molar-refractivity contribution < 1.29 is 0 Å². The molecule has 0 aliphatic heterocycles. The SMILES string of the molecule is CCCC(=N)Cc1csc(Cl)n1. The highest BCUT2D eigenvalue weighted by Gasteiger charge is 2.02. The molecule has 1 aromatic rings. The second-order valence-corrected chi connectivity index (χ2v) is 4.06. The molecule has 4 heteroatoms. The topological polar surface area (TPSA) is 36.7 Å². The Bertz CT molecular complexity index is 270. The number of hydrogen-bond donors (Lipinski definition) is 1. The number of thiazole rings is 1. The first-order chi connectivity index (χ1) is 5.72. The van der Waals surface area contributed by atoms with Crippen LogP contribution in [0.15, 0.2) is 5.38 Å². The summed E-state index contributed by atoms with van der Waals surface area (Å²) in [6, 6.07) is 0. The van der Waals surface area contributed by atoms with E-state index in [0.717, 1.165) is 24.2 Å². The Hall–Kier alpha value is -0.410. The molecule has 0 bridgehead atoms. The molecule has 0 aliphatic carbocycles. The van der Waals surface area contributed by atoms with Crippen LogP contribution < -0.4 is 0 Å². The average molecular weight is 203 g/mol. The second kappa shape index (κ2) is 4.58. The van der Waals surface area contributed by atoms with Crippen LogP contribution in [0.5, 0.6) is 0 Å². The van der Waals surface area contributed by atoms with Crippen LogP contribution in [0.3, 0.4) is 0 Å². The van der Waals surface area contributed by atoms with Gasteiger partial charge in [-0.1, -0.05) is 24.9 Å². The van der Waals surface area contributed by atoms with Crippen molar-refractivity contribution in [3.8, 4) is 0 Å². The normalized spacial score (nSPS) is 10.2. The molecule has 0 aromatic carbocycles. The first kappa shape index (κ1) is 9.68. The van der Waals surface area contributed by atoms with E-state index >= 15 is 0 Å². The van der Waals surface area contributed by atoms with Gasteiger partial charge in [-0.15, -0.1) is 11.3 Å².